The zero-order valence-corrected chi connectivity index (χ0v) is 18.7. The first-order chi connectivity index (χ1) is 15.1. The maximum atomic E-state index is 11.2. The van der Waals surface area contributed by atoms with Crippen molar-refractivity contribution >= 4 is 22.5 Å². The van der Waals surface area contributed by atoms with Gasteiger partial charge in [-0.1, -0.05) is 86.1 Å². The molecule has 0 saturated heterocycles. The van der Waals surface area contributed by atoms with Gasteiger partial charge < -0.3 is 10.0 Å². The third-order valence-electron chi connectivity index (χ3n) is 5.78. The lowest BCUT2D eigenvalue weighted by atomic mass is 9.95. The molecule has 3 nitrogen and oxygen atoms in total. The average molecular weight is 431 g/mol. The number of benzene rings is 3. The van der Waals surface area contributed by atoms with E-state index >= 15 is 0 Å². The average Bonchev–Trinajstić information content (AvgIpc) is 2.82. The fourth-order valence-electron chi connectivity index (χ4n) is 3.99. The highest BCUT2D eigenvalue weighted by Gasteiger charge is 2.18. The van der Waals surface area contributed by atoms with Crippen LogP contribution in [0.4, 0.5) is 0 Å². The zero-order valence-electron chi connectivity index (χ0n) is 17.9. The second kappa shape index (κ2) is 9.61. The molecule has 1 unspecified atom stereocenters. The molecule has 3 aromatic carbocycles. The molecule has 1 N–H and O–H groups in total. The van der Waals surface area contributed by atoms with Crippen molar-refractivity contribution in [1.29, 1.82) is 0 Å². The number of halogens is 1. The molecule has 0 radical (unpaired) electrons. The van der Waals surface area contributed by atoms with E-state index in [0.717, 1.165) is 51.9 Å². The highest BCUT2D eigenvalue weighted by atomic mass is 35.5. The van der Waals surface area contributed by atoms with Crippen LogP contribution in [0.25, 0.3) is 33.3 Å². The summed E-state index contributed by atoms with van der Waals surface area (Å²) in [6, 6.07) is 26.2. The zero-order chi connectivity index (χ0) is 21.8. The molecule has 0 spiro atoms. The Morgan fingerprint density at radius 1 is 0.871 bits per heavy atom. The third-order valence-corrected chi connectivity index (χ3v) is 6.03. The van der Waals surface area contributed by atoms with Gasteiger partial charge in [-0.25, -0.2) is 4.98 Å². The van der Waals surface area contributed by atoms with Crippen molar-refractivity contribution in [3.8, 4) is 22.4 Å². The summed E-state index contributed by atoms with van der Waals surface area (Å²) in [5.41, 5.74) is 5.78. The molecule has 0 aliphatic carbocycles. The van der Waals surface area contributed by atoms with Gasteiger partial charge in [0, 0.05) is 28.1 Å². The van der Waals surface area contributed by atoms with Crippen LogP contribution >= 0.6 is 11.6 Å². The van der Waals surface area contributed by atoms with E-state index in [9.17, 15) is 5.11 Å². The fourth-order valence-corrected chi connectivity index (χ4v) is 4.12. The van der Waals surface area contributed by atoms with Crippen LogP contribution in [0.2, 0.25) is 5.02 Å². The minimum Gasteiger partial charge on any atom is -0.387 e. The standard InChI is InChI=1S/C27H27ClN2O/c1-3-30(4-2)18-26(31)24-17-25(20-13-15-21(28)16-14-20)29-27-22(11-8-12-23(24)27)19-9-6-5-7-10-19/h5-17,26,31H,3-4,18H2,1-2H3. The molecule has 1 heterocycles. The molecule has 158 valence electrons. The second-order valence-electron chi connectivity index (χ2n) is 7.67. The summed E-state index contributed by atoms with van der Waals surface area (Å²) >= 11 is 6.10. The minimum atomic E-state index is -0.609. The molecule has 1 aromatic heterocycles. The third kappa shape index (κ3) is 4.64. The van der Waals surface area contributed by atoms with E-state index in [-0.39, 0.29) is 0 Å². The monoisotopic (exact) mass is 430 g/mol. The number of para-hydroxylation sites is 1. The molecule has 0 aliphatic rings. The Kier molecular flexibility index (Phi) is 6.67. The summed E-state index contributed by atoms with van der Waals surface area (Å²) in [5, 5.41) is 12.9. The highest BCUT2D eigenvalue weighted by molar-refractivity contribution is 6.30. The molecular formula is C27H27ClN2O. The van der Waals surface area contributed by atoms with Crippen molar-refractivity contribution in [3.63, 3.8) is 0 Å². The predicted molar refractivity (Wildman–Crippen MR) is 130 cm³/mol. The van der Waals surface area contributed by atoms with Crippen LogP contribution in [0.3, 0.4) is 0 Å². The Balaban J connectivity index is 1.93. The SMILES string of the molecule is CCN(CC)CC(O)c1cc(-c2ccc(Cl)cc2)nc2c(-c3ccccc3)cccc12. The van der Waals surface area contributed by atoms with Gasteiger partial charge in [0.15, 0.2) is 0 Å². The molecule has 0 amide bonds. The van der Waals surface area contributed by atoms with Crippen LogP contribution in [0.15, 0.2) is 78.9 Å². The van der Waals surface area contributed by atoms with Crippen molar-refractivity contribution in [2.75, 3.05) is 19.6 Å². The highest BCUT2D eigenvalue weighted by Crippen LogP contribution is 2.35. The molecule has 0 fully saturated rings. The van der Waals surface area contributed by atoms with Crippen LogP contribution in [0.1, 0.15) is 25.5 Å². The lowest BCUT2D eigenvalue weighted by Crippen LogP contribution is -2.28. The Bertz CT molecular complexity index is 1160. The van der Waals surface area contributed by atoms with E-state index in [1.165, 1.54) is 0 Å². The van der Waals surface area contributed by atoms with Crippen LogP contribution in [0, 0.1) is 0 Å². The number of aliphatic hydroxyl groups excluding tert-OH is 1. The molecule has 0 bridgehead atoms. The van der Waals surface area contributed by atoms with E-state index in [2.05, 4.69) is 43.0 Å². The van der Waals surface area contributed by atoms with E-state index in [0.29, 0.717) is 11.6 Å². The smallest absolute Gasteiger partial charge is 0.0924 e. The second-order valence-corrected chi connectivity index (χ2v) is 8.11. The van der Waals surface area contributed by atoms with Crippen molar-refractivity contribution < 1.29 is 5.11 Å². The Labute approximate surface area is 188 Å². The fraction of sp³-hybridized carbons (Fsp3) is 0.222. The largest absolute Gasteiger partial charge is 0.387 e. The Morgan fingerprint density at radius 3 is 2.26 bits per heavy atom. The van der Waals surface area contributed by atoms with Gasteiger partial charge in [-0.3, -0.25) is 0 Å². The van der Waals surface area contributed by atoms with Crippen LogP contribution in [-0.4, -0.2) is 34.6 Å². The van der Waals surface area contributed by atoms with Crippen LogP contribution in [-0.2, 0) is 0 Å². The number of hydrogen-bond acceptors (Lipinski definition) is 3. The predicted octanol–water partition coefficient (Wildman–Crippen LogP) is 6.60. The Hall–Kier alpha value is -2.72. The molecule has 4 aromatic rings. The lowest BCUT2D eigenvalue weighted by Gasteiger charge is -2.23. The van der Waals surface area contributed by atoms with Crippen LogP contribution in [0.5, 0.6) is 0 Å². The molecule has 31 heavy (non-hydrogen) atoms. The maximum absolute atomic E-state index is 11.2. The summed E-state index contributed by atoms with van der Waals surface area (Å²) < 4.78 is 0. The maximum Gasteiger partial charge on any atom is 0.0924 e. The summed E-state index contributed by atoms with van der Waals surface area (Å²) in [5.74, 6) is 0. The van der Waals surface area contributed by atoms with E-state index < -0.39 is 6.10 Å². The number of rotatable bonds is 7. The van der Waals surface area contributed by atoms with Crippen molar-refractivity contribution in [3.05, 3.63) is 89.4 Å². The summed E-state index contributed by atoms with van der Waals surface area (Å²) in [6.07, 6.45) is -0.609. The van der Waals surface area contributed by atoms with Crippen molar-refractivity contribution in [2.45, 2.75) is 20.0 Å². The first-order valence-electron chi connectivity index (χ1n) is 10.8. The van der Waals surface area contributed by atoms with Gasteiger partial charge in [0.1, 0.15) is 0 Å². The first-order valence-corrected chi connectivity index (χ1v) is 11.1. The van der Waals surface area contributed by atoms with E-state index in [1.54, 1.807) is 0 Å². The molecule has 0 aliphatic heterocycles. The Morgan fingerprint density at radius 2 is 1.58 bits per heavy atom. The topological polar surface area (TPSA) is 36.4 Å². The first kappa shape index (κ1) is 21.5. The quantitative estimate of drug-likeness (QED) is 0.359. The summed E-state index contributed by atoms with van der Waals surface area (Å²) in [4.78, 5) is 7.28. The van der Waals surface area contributed by atoms with Gasteiger partial charge in [0.25, 0.3) is 0 Å². The molecule has 4 rings (SSSR count). The number of fused-ring (bicyclic) bond motifs is 1. The molecular weight excluding hydrogens is 404 g/mol. The number of likely N-dealkylation sites (N-methyl/N-ethyl adjacent to an activating group) is 1. The number of pyridine rings is 1. The van der Waals surface area contributed by atoms with Crippen molar-refractivity contribution in [2.24, 2.45) is 0 Å². The summed E-state index contributed by atoms with van der Waals surface area (Å²) in [7, 11) is 0. The van der Waals surface area contributed by atoms with E-state index in [1.807, 2.05) is 54.6 Å². The van der Waals surface area contributed by atoms with Gasteiger partial charge in [-0.15, -0.1) is 0 Å². The van der Waals surface area contributed by atoms with Crippen LogP contribution < -0.4 is 0 Å². The summed E-state index contributed by atoms with van der Waals surface area (Å²) in [6.45, 7) is 6.62. The molecule has 1 atom stereocenters. The van der Waals surface area contributed by atoms with Gasteiger partial charge in [-0.2, -0.15) is 0 Å². The number of aromatic nitrogens is 1. The lowest BCUT2D eigenvalue weighted by molar-refractivity contribution is 0.120. The normalized spacial score (nSPS) is 12.4. The van der Waals surface area contributed by atoms with Gasteiger partial charge in [-0.05, 0) is 42.4 Å². The number of hydrogen-bond donors (Lipinski definition) is 1. The van der Waals surface area contributed by atoms with Crippen molar-refractivity contribution in [1.82, 2.24) is 9.88 Å². The minimum absolute atomic E-state index is 0.585. The van der Waals surface area contributed by atoms with E-state index in [4.69, 9.17) is 16.6 Å². The van der Waals surface area contributed by atoms with Gasteiger partial charge in [0.2, 0.25) is 0 Å². The van der Waals surface area contributed by atoms with Gasteiger partial charge >= 0.3 is 0 Å². The molecule has 0 saturated carbocycles. The molecule has 4 heteroatoms. The number of nitrogens with zero attached hydrogens (tertiary/aromatic N) is 2. The number of aliphatic hydroxyl groups is 1. The van der Waals surface area contributed by atoms with Gasteiger partial charge in [0.05, 0.1) is 17.3 Å².